The second kappa shape index (κ2) is 8.53. The van der Waals surface area contributed by atoms with Crippen molar-refractivity contribution in [2.75, 3.05) is 26.8 Å². The third kappa shape index (κ3) is 3.60. The third-order valence-corrected chi connectivity index (χ3v) is 7.44. The number of nitrogens with one attached hydrogen (secondary N) is 1. The van der Waals surface area contributed by atoms with Gasteiger partial charge in [-0.25, -0.2) is 4.79 Å². The number of amides is 2. The molecule has 1 N–H and O–H groups in total. The van der Waals surface area contributed by atoms with Gasteiger partial charge in [-0.2, -0.15) is 0 Å². The van der Waals surface area contributed by atoms with E-state index >= 15 is 0 Å². The Morgan fingerprint density at radius 2 is 1.94 bits per heavy atom. The first kappa shape index (κ1) is 21.9. The van der Waals surface area contributed by atoms with Crippen molar-refractivity contribution in [1.82, 2.24) is 14.8 Å². The molecule has 35 heavy (non-hydrogen) atoms. The third-order valence-electron chi connectivity index (χ3n) is 7.44. The lowest BCUT2D eigenvalue weighted by molar-refractivity contribution is -0.159. The van der Waals surface area contributed by atoms with Crippen LogP contribution in [-0.4, -0.2) is 71.5 Å². The molecule has 0 spiro atoms. The van der Waals surface area contributed by atoms with Crippen molar-refractivity contribution in [3.63, 3.8) is 0 Å². The van der Waals surface area contributed by atoms with Crippen LogP contribution in [0.2, 0.25) is 0 Å². The highest BCUT2D eigenvalue weighted by molar-refractivity contribution is 5.97. The van der Waals surface area contributed by atoms with Crippen LogP contribution in [0.3, 0.4) is 0 Å². The lowest BCUT2D eigenvalue weighted by Gasteiger charge is -2.47. The van der Waals surface area contributed by atoms with Crippen molar-refractivity contribution in [3.05, 3.63) is 70.9 Å². The van der Waals surface area contributed by atoms with Crippen molar-refractivity contribution in [1.29, 1.82) is 0 Å². The Labute approximate surface area is 202 Å². The summed E-state index contributed by atoms with van der Waals surface area (Å²) in [5.74, 6) is -0.537. The van der Waals surface area contributed by atoms with Gasteiger partial charge >= 0.3 is 5.97 Å². The molecule has 2 aromatic carbocycles. The van der Waals surface area contributed by atoms with E-state index in [2.05, 4.69) is 11.1 Å². The number of ether oxygens (including phenoxy) is 2. The van der Waals surface area contributed by atoms with Gasteiger partial charge in [-0.15, -0.1) is 0 Å². The SMILES string of the molecule is COC(=O)c1ccc([C@H]2c3[nH]c4ccccc4c3C[C@H]3C(=O)N(C[C@H]4CCCO4)CC(=O)N23)cc1. The fraction of sp³-hybridized carbons (Fsp3) is 0.370. The number of methoxy groups -OCH3 is 1. The Morgan fingerprint density at radius 3 is 2.69 bits per heavy atom. The molecular weight excluding hydrogens is 446 g/mol. The number of hydrogen-bond acceptors (Lipinski definition) is 5. The maximum Gasteiger partial charge on any atom is 0.337 e. The average Bonchev–Trinajstić information content (AvgIpc) is 3.53. The molecule has 6 rings (SSSR count). The molecule has 2 saturated heterocycles. The highest BCUT2D eigenvalue weighted by Gasteiger charge is 2.48. The number of H-pyrrole nitrogens is 1. The predicted octanol–water partition coefficient (Wildman–Crippen LogP) is 2.82. The van der Waals surface area contributed by atoms with E-state index in [4.69, 9.17) is 9.47 Å². The topological polar surface area (TPSA) is 91.9 Å². The van der Waals surface area contributed by atoms with Crippen LogP contribution in [-0.2, 0) is 25.5 Å². The van der Waals surface area contributed by atoms with Gasteiger partial charge in [-0.05, 0) is 42.2 Å². The highest BCUT2D eigenvalue weighted by Crippen LogP contribution is 2.42. The van der Waals surface area contributed by atoms with E-state index < -0.39 is 18.1 Å². The summed E-state index contributed by atoms with van der Waals surface area (Å²) in [7, 11) is 1.35. The van der Waals surface area contributed by atoms with Crippen LogP contribution >= 0.6 is 0 Å². The van der Waals surface area contributed by atoms with Crippen LogP contribution in [0.5, 0.6) is 0 Å². The minimum absolute atomic E-state index is 0.00722. The number of nitrogens with zero attached hydrogens (tertiary/aromatic N) is 2. The minimum Gasteiger partial charge on any atom is -0.465 e. The quantitative estimate of drug-likeness (QED) is 0.589. The van der Waals surface area contributed by atoms with Crippen molar-refractivity contribution in [2.45, 2.75) is 37.5 Å². The van der Waals surface area contributed by atoms with Crippen LogP contribution in [0.15, 0.2) is 48.5 Å². The van der Waals surface area contributed by atoms with Crippen molar-refractivity contribution in [2.24, 2.45) is 0 Å². The Bertz CT molecular complexity index is 1310. The van der Waals surface area contributed by atoms with Crippen molar-refractivity contribution in [3.8, 4) is 0 Å². The molecule has 0 bridgehead atoms. The normalized spacial score (nSPS) is 24.0. The molecule has 2 fully saturated rings. The van der Waals surface area contributed by atoms with E-state index in [9.17, 15) is 14.4 Å². The number of rotatable bonds is 4. The van der Waals surface area contributed by atoms with Gasteiger partial charge in [-0.3, -0.25) is 9.59 Å². The molecule has 4 heterocycles. The number of piperazine rings is 1. The molecule has 3 atom stereocenters. The summed E-state index contributed by atoms with van der Waals surface area (Å²) >= 11 is 0. The summed E-state index contributed by atoms with van der Waals surface area (Å²) in [5.41, 5.74) is 4.23. The standard InChI is InChI=1S/C27H27N3O5/c1-34-27(33)17-10-8-16(9-11-17)25-24-20(19-6-2-3-7-21(19)28-24)13-22-26(32)29(15-23(31)30(22)25)14-18-5-4-12-35-18/h2-3,6-11,18,22,25,28H,4-5,12-15H2,1H3/t18-,22+,25+/m1/s1. The van der Waals surface area contributed by atoms with E-state index in [1.165, 1.54) is 7.11 Å². The smallest absolute Gasteiger partial charge is 0.337 e. The Kier molecular flexibility index (Phi) is 5.33. The molecule has 0 aliphatic carbocycles. The van der Waals surface area contributed by atoms with Crippen LogP contribution in [0.1, 0.15) is 46.1 Å². The van der Waals surface area contributed by atoms with E-state index in [1.54, 1.807) is 21.9 Å². The van der Waals surface area contributed by atoms with Crippen LogP contribution in [0.25, 0.3) is 10.9 Å². The summed E-state index contributed by atoms with van der Waals surface area (Å²) < 4.78 is 10.6. The first-order valence-electron chi connectivity index (χ1n) is 12.0. The Balaban J connectivity index is 1.43. The van der Waals surface area contributed by atoms with Crippen LogP contribution in [0, 0.1) is 0 Å². The Hall–Kier alpha value is -3.65. The summed E-state index contributed by atoms with van der Waals surface area (Å²) in [4.78, 5) is 46.2. The second-order valence-corrected chi connectivity index (χ2v) is 9.45. The van der Waals surface area contributed by atoms with E-state index in [0.717, 1.165) is 40.6 Å². The van der Waals surface area contributed by atoms with Gasteiger partial charge in [0.15, 0.2) is 0 Å². The van der Waals surface area contributed by atoms with Gasteiger partial charge in [0, 0.05) is 36.2 Å². The largest absolute Gasteiger partial charge is 0.465 e. The monoisotopic (exact) mass is 473 g/mol. The number of hydrogen-bond donors (Lipinski definition) is 1. The van der Waals surface area contributed by atoms with Gasteiger partial charge in [0.25, 0.3) is 0 Å². The molecule has 0 unspecified atom stereocenters. The number of fused-ring (bicyclic) bond motifs is 4. The summed E-state index contributed by atoms with van der Waals surface area (Å²) in [6.45, 7) is 1.20. The summed E-state index contributed by atoms with van der Waals surface area (Å²) in [6.07, 6.45) is 2.35. The number of carbonyl (C=O) groups excluding carboxylic acids is 3. The fourth-order valence-corrected chi connectivity index (χ4v) is 5.78. The predicted molar refractivity (Wildman–Crippen MR) is 128 cm³/mol. The minimum atomic E-state index is -0.588. The average molecular weight is 474 g/mol. The molecule has 1 aromatic heterocycles. The molecule has 0 radical (unpaired) electrons. The van der Waals surface area contributed by atoms with Crippen molar-refractivity contribution < 1.29 is 23.9 Å². The zero-order valence-corrected chi connectivity index (χ0v) is 19.5. The van der Waals surface area contributed by atoms with Crippen LogP contribution < -0.4 is 0 Å². The van der Waals surface area contributed by atoms with E-state index in [0.29, 0.717) is 25.1 Å². The lowest BCUT2D eigenvalue weighted by atomic mass is 9.86. The molecule has 0 saturated carbocycles. The maximum absolute atomic E-state index is 13.7. The van der Waals surface area contributed by atoms with Gasteiger partial charge in [0.1, 0.15) is 6.04 Å². The number of esters is 1. The first-order chi connectivity index (χ1) is 17.0. The maximum atomic E-state index is 13.7. The van der Waals surface area contributed by atoms with Gasteiger partial charge in [0.05, 0.1) is 31.4 Å². The molecule has 8 heteroatoms. The molecular formula is C27H27N3O5. The molecule has 180 valence electrons. The molecule has 3 aromatic rings. The fourth-order valence-electron chi connectivity index (χ4n) is 5.78. The van der Waals surface area contributed by atoms with Gasteiger partial charge in [0.2, 0.25) is 11.8 Å². The highest BCUT2D eigenvalue weighted by atomic mass is 16.5. The molecule has 8 nitrogen and oxygen atoms in total. The number of para-hydroxylation sites is 1. The lowest BCUT2D eigenvalue weighted by Crippen LogP contribution is -2.63. The second-order valence-electron chi connectivity index (χ2n) is 9.45. The molecule has 2 amide bonds. The van der Waals surface area contributed by atoms with Crippen molar-refractivity contribution >= 4 is 28.7 Å². The zero-order chi connectivity index (χ0) is 24.1. The van der Waals surface area contributed by atoms with E-state index in [-0.39, 0.29) is 24.5 Å². The van der Waals surface area contributed by atoms with Gasteiger partial charge in [-0.1, -0.05) is 30.3 Å². The number of carbonyl (C=O) groups is 3. The number of aromatic amines is 1. The number of aromatic nitrogens is 1. The Morgan fingerprint density at radius 1 is 1.14 bits per heavy atom. The summed E-state index contributed by atoms with van der Waals surface area (Å²) in [5, 5.41) is 1.06. The summed E-state index contributed by atoms with van der Waals surface area (Å²) in [6, 6.07) is 14.1. The van der Waals surface area contributed by atoms with E-state index in [1.807, 2.05) is 30.3 Å². The van der Waals surface area contributed by atoms with Gasteiger partial charge < -0.3 is 24.3 Å². The first-order valence-corrected chi connectivity index (χ1v) is 12.0. The molecule has 3 aliphatic rings. The molecule has 3 aliphatic heterocycles. The number of benzene rings is 2. The zero-order valence-electron chi connectivity index (χ0n) is 19.5. The van der Waals surface area contributed by atoms with Crippen LogP contribution in [0.4, 0.5) is 0 Å².